The van der Waals surface area contributed by atoms with E-state index in [1.54, 1.807) is 7.11 Å². The molecule has 0 atom stereocenters. The summed E-state index contributed by atoms with van der Waals surface area (Å²) in [5, 5.41) is 2.70. The molecule has 0 saturated carbocycles. The van der Waals surface area contributed by atoms with E-state index in [4.69, 9.17) is 9.15 Å². The minimum atomic E-state index is 0.0509. The predicted octanol–water partition coefficient (Wildman–Crippen LogP) is 3.96. The second-order valence-electron chi connectivity index (χ2n) is 8.19. The van der Waals surface area contributed by atoms with Crippen molar-refractivity contribution < 1.29 is 18.7 Å². The molecule has 4 rings (SSSR count). The zero-order valence-electron chi connectivity index (χ0n) is 19.1. The summed E-state index contributed by atoms with van der Waals surface area (Å²) in [6.45, 7) is 4.37. The van der Waals surface area contributed by atoms with Crippen LogP contribution in [0.25, 0.3) is 10.8 Å². The van der Waals surface area contributed by atoms with Crippen LogP contribution in [0.3, 0.4) is 0 Å². The first-order valence-corrected chi connectivity index (χ1v) is 12.1. The molecule has 3 heterocycles. The number of thiazole rings is 1. The Morgan fingerprint density at radius 1 is 1.03 bits per heavy atom. The third kappa shape index (κ3) is 6.01. The molecule has 33 heavy (non-hydrogen) atoms. The van der Waals surface area contributed by atoms with Crippen LogP contribution in [0.2, 0.25) is 0 Å². The van der Waals surface area contributed by atoms with Crippen molar-refractivity contribution in [3.63, 3.8) is 0 Å². The molecular weight excluding hydrogens is 438 g/mol. The fourth-order valence-electron chi connectivity index (χ4n) is 3.94. The molecule has 0 unspecified atom stereocenters. The summed E-state index contributed by atoms with van der Waals surface area (Å²) in [7, 11) is 1.64. The molecule has 2 amide bonds. The molecule has 0 aliphatic carbocycles. The van der Waals surface area contributed by atoms with E-state index in [9.17, 15) is 9.59 Å². The van der Waals surface area contributed by atoms with Crippen LogP contribution >= 0.6 is 11.3 Å². The molecule has 174 valence electrons. The number of carbonyl (C=O) groups is 2. The lowest BCUT2D eigenvalue weighted by molar-refractivity contribution is -0.133. The van der Waals surface area contributed by atoms with E-state index in [2.05, 4.69) is 4.98 Å². The van der Waals surface area contributed by atoms with Crippen LogP contribution < -0.4 is 4.74 Å². The highest BCUT2D eigenvalue weighted by atomic mass is 32.1. The zero-order valence-corrected chi connectivity index (χ0v) is 19.9. The maximum atomic E-state index is 12.9. The first kappa shape index (κ1) is 23.0. The molecule has 1 aliphatic heterocycles. The Labute approximate surface area is 198 Å². The second-order valence-corrected chi connectivity index (χ2v) is 9.05. The number of rotatable bonds is 7. The molecule has 1 saturated heterocycles. The fourth-order valence-corrected chi connectivity index (χ4v) is 4.71. The number of benzene rings is 1. The van der Waals surface area contributed by atoms with E-state index in [1.165, 1.54) is 11.3 Å². The summed E-state index contributed by atoms with van der Waals surface area (Å²) in [5.74, 6) is 2.57. The van der Waals surface area contributed by atoms with Crippen LogP contribution in [0, 0.1) is 6.92 Å². The van der Waals surface area contributed by atoms with Gasteiger partial charge in [0.2, 0.25) is 11.8 Å². The molecular formula is C25H29N3O4S. The molecule has 1 fully saturated rings. The van der Waals surface area contributed by atoms with Gasteiger partial charge in [0.1, 0.15) is 11.5 Å². The summed E-state index contributed by atoms with van der Waals surface area (Å²) in [4.78, 5) is 33.9. The Hall–Kier alpha value is -3.13. The standard InChI is InChI=1S/C25H29N3O4S/c1-18-4-10-22(32-18)25-26-20(17-33-25)16-24(30)28-13-3-12-27(14-15-28)23(29)11-7-19-5-8-21(31-2)9-6-19/h4-6,8-10,17H,3,7,11-16H2,1-2H3. The van der Waals surface area contributed by atoms with Crippen LogP contribution in [0.1, 0.15) is 29.9 Å². The quantitative estimate of drug-likeness (QED) is 0.526. The third-order valence-corrected chi connectivity index (χ3v) is 6.73. The lowest BCUT2D eigenvalue weighted by Gasteiger charge is -2.22. The normalized spacial score (nSPS) is 14.2. The molecule has 7 nitrogen and oxygen atoms in total. The minimum absolute atomic E-state index is 0.0509. The zero-order chi connectivity index (χ0) is 23.2. The number of hydrogen-bond donors (Lipinski definition) is 0. The minimum Gasteiger partial charge on any atom is -0.497 e. The van der Waals surface area contributed by atoms with E-state index in [0.29, 0.717) is 39.0 Å². The van der Waals surface area contributed by atoms with Gasteiger partial charge in [0.15, 0.2) is 10.8 Å². The van der Waals surface area contributed by atoms with Crippen LogP contribution in [0.4, 0.5) is 0 Å². The maximum Gasteiger partial charge on any atom is 0.228 e. The maximum absolute atomic E-state index is 12.9. The lowest BCUT2D eigenvalue weighted by atomic mass is 10.1. The Bertz CT molecular complexity index is 1090. The summed E-state index contributed by atoms with van der Waals surface area (Å²) in [6, 6.07) is 11.6. The van der Waals surface area contributed by atoms with Crippen molar-refractivity contribution in [1.29, 1.82) is 0 Å². The van der Waals surface area contributed by atoms with Crippen LogP contribution in [0.15, 0.2) is 46.2 Å². The molecule has 0 radical (unpaired) electrons. The van der Waals surface area contributed by atoms with Crippen LogP contribution in [0.5, 0.6) is 5.75 Å². The van der Waals surface area contributed by atoms with Crippen molar-refractivity contribution in [2.75, 3.05) is 33.3 Å². The number of hydrogen-bond acceptors (Lipinski definition) is 6. The van der Waals surface area contributed by atoms with Crippen LogP contribution in [-0.4, -0.2) is 59.9 Å². The van der Waals surface area contributed by atoms with Gasteiger partial charge in [-0.1, -0.05) is 12.1 Å². The van der Waals surface area contributed by atoms with Gasteiger partial charge in [-0.05, 0) is 49.6 Å². The van der Waals surface area contributed by atoms with Crippen molar-refractivity contribution >= 4 is 23.2 Å². The third-order valence-electron chi connectivity index (χ3n) is 5.82. The Balaban J connectivity index is 1.26. The second kappa shape index (κ2) is 10.7. The fraction of sp³-hybridized carbons (Fsp3) is 0.400. The van der Waals surface area contributed by atoms with Gasteiger partial charge in [0, 0.05) is 38.0 Å². The molecule has 0 N–H and O–H groups in total. The molecule has 3 aromatic rings. The highest BCUT2D eigenvalue weighted by molar-refractivity contribution is 7.13. The smallest absolute Gasteiger partial charge is 0.228 e. The summed E-state index contributed by atoms with van der Waals surface area (Å²) in [5.41, 5.74) is 1.87. The largest absolute Gasteiger partial charge is 0.497 e. The highest BCUT2D eigenvalue weighted by Crippen LogP contribution is 2.26. The molecule has 0 spiro atoms. The van der Waals surface area contributed by atoms with Gasteiger partial charge in [-0.15, -0.1) is 11.3 Å². The van der Waals surface area contributed by atoms with E-state index in [0.717, 1.165) is 40.0 Å². The van der Waals surface area contributed by atoms with Crippen molar-refractivity contribution in [2.24, 2.45) is 0 Å². The van der Waals surface area contributed by atoms with Crippen molar-refractivity contribution in [3.05, 3.63) is 58.8 Å². The monoisotopic (exact) mass is 467 g/mol. The summed E-state index contributed by atoms with van der Waals surface area (Å²) < 4.78 is 10.8. The number of nitrogens with zero attached hydrogens (tertiary/aromatic N) is 3. The van der Waals surface area contributed by atoms with E-state index in [1.807, 2.05) is 58.5 Å². The van der Waals surface area contributed by atoms with Crippen molar-refractivity contribution in [1.82, 2.24) is 14.8 Å². The lowest BCUT2D eigenvalue weighted by Crippen LogP contribution is -2.38. The number of aromatic nitrogens is 1. The number of furan rings is 1. The van der Waals surface area contributed by atoms with Crippen molar-refractivity contribution in [2.45, 2.75) is 32.6 Å². The first-order valence-electron chi connectivity index (χ1n) is 11.2. The first-order chi connectivity index (χ1) is 16.0. The predicted molar refractivity (Wildman–Crippen MR) is 127 cm³/mol. The van der Waals surface area contributed by atoms with Gasteiger partial charge in [-0.25, -0.2) is 4.98 Å². The number of ether oxygens (including phenoxy) is 1. The molecule has 8 heteroatoms. The highest BCUT2D eigenvalue weighted by Gasteiger charge is 2.23. The van der Waals surface area contributed by atoms with Gasteiger partial charge in [-0.2, -0.15) is 0 Å². The summed E-state index contributed by atoms with van der Waals surface area (Å²) >= 11 is 1.48. The Morgan fingerprint density at radius 2 is 1.76 bits per heavy atom. The topological polar surface area (TPSA) is 75.9 Å². The number of amides is 2. The van der Waals surface area contributed by atoms with E-state index >= 15 is 0 Å². The van der Waals surface area contributed by atoms with Gasteiger partial charge >= 0.3 is 0 Å². The SMILES string of the molecule is COc1ccc(CCC(=O)N2CCCN(C(=O)Cc3csc(-c4ccc(C)o4)n3)CC2)cc1. The number of carbonyl (C=O) groups excluding carboxylic acids is 2. The van der Waals surface area contributed by atoms with Crippen molar-refractivity contribution in [3.8, 4) is 16.5 Å². The molecule has 1 aromatic carbocycles. The molecule has 1 aliphatic rings. The van der Waals surface area contributed by atoms with Gasteiger partial charge in [0.05, 0.1) is 19.2 Å². The number of methoxy groups -OCH3 is 1. The molecule has 2 aromatic heterocycles. The van der Waals surface area contributed by atoms with Gasteiger partial charge < -0.3 is 19.0 Å². The average molecular weight is 468 g/mol. The van der Waals surface area contributed by atoms with Gasteiger partial charge in [-0.3, -0.25) is 9.59 Å². The van der Waals surface area contributed by atoms with Gasteiger partial charge in [0.25, 0.3) is 0 Å². The van der Waals surface area contributed by atoms with Crippen LogP contribution in [-0.2, 0) is 22.4 Å². The Kier molecular flexibility index (Phi) is 7.44. The van der Waals surface area contributed by atoms with E-state index in [-0.39, 0.29) is 18.2 Å². The van der Waals surface area contributed by atoms with E-state index < -0.39 is 0 Å². The molecule has 0 bridgehead atoms. The summed E-state index contributed by atoms with van der Waals surface area (Å²) in [6.07, 6.45) is 2.22. The number of aryl methyl sites for hydroxylation is 2. The average Bonchev–Trinajstić information content (AvgIpc) is 3.39. The Morgan fingerprint density at radius 3 is 2.42 bits per heavy atom.